The van der Waals surface area contributed by atoms with E-state index in [0.717, 1.165) is 16.7 Å². The monoisotopic (exact) mass is 274 g/mol. The molecule has 5 nitrogen and oxygen atoms in total. The van der Waals surface area contributed by atoms with Crippen LogP contribution in [-0.4, -0.2) is 29.2 Å². The van der Waals surface area contributed by atoms with E-state index in [9.17, 15) is 14.4 Å². The average Bonchev–Trinajstić information content (AvgIpc) is 2.73. The summed E-state index contributed by atoms with van der Waals surface area (Å²) >= 11 is 0. The lowest BCUT2D eigenvalue weighted by molar-refractivity contribution is -0.125. The van der Waals surface area contributed by atoms with Crippen LogP contribution < -0.4 is 5.32 Å². The van der Waals surface area contributed by atoms with Gasteiger partial charge in [0.25, 0.3) is 5.91 Å². The first kappa shape index (κ1) is 14.2. The van der Waals surface area contributed by atoms with Crippen LogP contribution >= 0.6 is 0 Å². The van der Waals surface area contributed by atoms with Crippen LogP contribution in [0.3, 0.4) is 0 Å². The SMILES string of the molecule is Cc1ccc2c(c1)CN(C(C)CCC(=O)NC=O)C2=O. The molecule has 0 saturated heterocycles. The molecule has 0 fully saturated rings. The molecule has 20 heavy (non-hydrogen) atoms. The van der Waals surface area contributed by atoms with Crippen molar-refractivity contribution in [2.24, 2.45) is 0 Å². The van der Waals surface area contributed by atoms with Crippen molar-refractivity contribution in [2.75, 3.05) is 0 Å². The molecule has 1 N–H and O–H groups in total. The van der Waals surface area contributed by atoms with E-state index >= 15 is 0 Å². The van der Waals surface area contributed by atoms with Crippen molar-refractivity contribution in [3.05, 3.63) is 34.9 Å². The Morgan fingerprint density at radius 2 is 2.25 bits per heavy atom. The number of hydrogen-bond donors (Lipinski definition) is 1. The van der Waals surface area contributed by atoms with E-state index < -0.39 is 0 Å². The number of carbonyl (C=O) groups is 3. The Morgan fingerprint density at radius 3 is 2.95 bits per heavy atom. The lowest BCUT2D eigenvalue weighted by Gasteiger charge is -2.23. The molecule has 0 aliphatic carbocycles. The molecule has 0 radical (unpaired) electrons. The van der Waals surface area contributed by atoms with Crippen LogP contribution in [0.2, 0.25) is 0 Å². The predicted octanol–water partition coefficient (Wildman–Crippen LogP) is 1.39. The molecule has 0 saturated carbocycles. The number of benzene rings is 1. The van der Waals surface area contributed by atoms with E-state index in [-0.39, 0.29) is 24.3 Å². The summed E-state index contributed by atoms with van der Waals surface area (Å²) in [6, 6.07) is 5.79. The Kier molecular flexibility index (Phi) is 4.17. The smallest absolute Gasteiger partial charge is 0.254 e. The number of aryl methyl sites for hydroxylation is 1. The summed E-state index contributed by atoms with van der Waals surface area (Å²) in [4.78, 5) is 35.5. The first-order chi connectivity index (χ1) is 9.52. The Bertz CT molecular complexity index is 554. The molecular weight excluding hydrogens is 256 g/mol. The average molecular weight is 274 g/mol. The van der Waals surface area contributed by atoms with Gasteiger partial charge in [-0.3, -0.25) is 19.7 Å². The number of nitrogens with one attached hydrogen (secondary N) is 1. The summed E-state index contributed by atoms with van der Waals surface area (Å²) < 4.78 is 0. The zero-order valence-electron chi connectivity index (χ0n) is 11.7. The van der Waals surface area contributed by atoms with Crippen LogP contribution in [0, 0.1) is 6.92 Å². The van der Waals surface area contributed by atoms with E-state index in [1.807, 2.05) is 32.0 Å². The molecular formula is C15H18N2O3. The van der Waals surface area contributed by atoms with Crippen molar-refractivity contribution in [3.63, 3.8) is 0 Å². The largest absolute Gasteiger partial charge is 0.332 e. The van der Waals surface area contributed by atoms with Crippen molar-refractivity contribution >= 4 is 18.2 Å². The summed E-state index contributed by atoms with van der Waals surface area (Å²) in [5.41, 5.74) is 2.93. The van der Waals surface area contributed by atoms with Gasteiger partial charge in [0.1, 0.15) is 0 Å². The van der Waals surface area contributed by atoms with Crippen LogP contribution in [0.4, 0.5) is 0 Å². The minimum atomic E-state index is -0.313. The lowest BCUT2D eigenvalue weighted by Crippen LogP contribution is -2.34. The fourth-order valence-electron chi connectivity index (χ4n) is 2.46. The molecule has 1 aliphatic rings. The second-order valence-corrected chi connectivity index (χ2v) is 5.17. The van der Waals surface area contributed by atoms with Gasteiger partial charge in [0, 0.05) is 24.6 Å². The maximum absolute atomic E-state index is 12.3. The van der Waals surface area contributed by atoms with Crippen molar-refractivity contribution < 1.29 is 14.4 Å². The number of amides is 3. The number of fused-ring (bicyclic) bond motifs is 1. The minimum Gasteiger partial charge on any atom is -0.332 e. The Hall–Kier alpha value is -2.17. The van der Waals surface area contributed by atoms with Gasteiger partial charge in [0.05, 0.1) is 0 Å². The quantitative estimate of drug-likeness (QED) is 0.825. The molecule has 106 valence electrons. The number of nitrogens with zero attached hydrogens (tertiary/aromatic N) is 1. The summed E-state index contributed by atoms with van der Waals surface area (Å²) in [6.45, 7) is 4.51. The van der Waals surface area contributed by atoms with E-state index in [1.165, 1.54) is 0 Å². The topological polar surface area (TPSA) is 66.5 Å². The van der Waals surface area contributed by atoms with E-state index in [0.29, 0.717) is 19.4 Å². The lowest BCUT2D eigenvalue weighted by atomic mass is 10.1. The first-order valence-corrected chi connectivity index (χ1v) is 6.66. The molecule has 2 rings (SSSR count). The third-order valence-corrected chi connectivity index (χ3v) is 3.63. The second kappa shape index (κ2) is 5.86. The van der Waals surface area contributed by atoms with Crippen LogP contribution in [0.5, 0.6) is 0 Å². The molecule has 0 bridgehead atoms. The standard InChI is InChI=1S/C15H18N2O3/c1-10-3-5-13-12(7-10)8-17(15(13)20)11(2)4-6-14(19)16-9-18/h3,5,7,9,11H,4,6,8H2,1-2H3,(H,16,18,19). The second-order valence-electron chi connectivity index (χ2n) is 5.17. The fourth-order valence-corrected chi connectivity index (χ4v) is 2.46. The zero-order valence-corrected chi connectivity index (χ0v) is 11.7. The predicted molar refractivity (Wildman–Crippen MR) is 74.0 cm³/mol. The summed E-state index contributed by atoms with van der Waals surface area (Å²) in [5.74, 6) is -0.296. The van der Waals surface area contributed by atoms with Crippen LogP contribution in [0.25, 0.3) is 0 Å². The van der Waals surface area contributed by atoms with Gasteiger partial charge in [-0.1, -0.05) is 17.7 Å². The van der Waals surface area contributed by atoms with Gasteiger partial charge in [-0.05, 0) is 31.9 Å². The molecule has 1 aromatic carbocycles. The van der Waals surface area contributed by atoms with Crippen molar-refractivity contribution in [2.45, 2.75) is 39.3 Å². The first-order valence-electron chi connectivity index (χ1n) is 6.66. The molecule has 1 unspecified atom stereocenters. The highest BCUT2D eigenvalue weighted by atomic mass is 16.2. The van der Waals surface area contributed by atoms with Gasteiger partial charge in [-0.2, -0.15) is 0 Å². The van der Waals surface area contributed by atoms with Crippen LogP contribution in [0.15, 0.2) is 18.2 Å². The van der Waals surface area contributed by atoms with E-state index in [2.05, 4.69) is 5.32 Å². The molecule has 1 heterocycles. The fraction of sp³-hybridized carbons (Fsp3) is 0.400. The summed E-state index contributed by atoms with van der Waals surface area (Å²) in [7, 11) is 0. The van der Waals surface area contributed by atoms with Gasteiger partial charge in [-0.15, -0.1) is 0 Å². The number of hydrogen-bond acceptors (Lipinski definition) is 3. The molecule has 1 aromatic rings. The van der Waals surface area contributed by atoms with Gasteiger partial charge >= 0.3 is 0 Å². The summed E-state index contributed by atoms with van der Waals surface area (Å²) in [5, 5.41) is 2.10. The third kappa shape index (κ3) is 2.87. The van der Waals surface area contributed by atoms with Crippen LogP contribution in [0.1, 0.15) is 41.3 Å². The molecule has 0 aromatic heterocycles. The highest BCUT2D eigenvalue weighted by Gasteiger charge is 2.30. The molecule has 5 heteroatoms. The van der Waals surface area contributed by atoms with Crippen LogP contribution in [-0.2, 0) is 16.1 Å². The maximum atomic E-state index is 12.3. The van der Waals surface area contributed by atoms with Gasteiger partial charge < -0.3 is 4.90 Å². The minimum absolute atomic E-state index is 0.0169. The maximum Gasteiger partial charge on any atom is 0.254 e. The molecule has 0 spiro atoms. The van der Waals surface area contributed by atoms with E-state index in [1.54, 1.807) is 4.90 Å². The highest BCUT2D eigenvalue weighted by Crippen LogP contribution is 2.26. The Morgan fingerprint density at radius 1 is 1.50 bits per heavy atom. The number of rotatable bonds is 5. The van der Waals surface area contributed by atoms with E-state index in [4.69, 9.17) is 0 Å². The number of carbonyl (C=O) groups excluding carboxylic acids is 3. The van der Waals surface area contributed by atoms with Crippen molar-refractivity contribution in [1.29, 1.82) is 0 Å². The molecule has 1 aliphatic heterocycles. The molecule has 3 amide bonds. The summed E-state index contributed by atoms with van der Waals surface area (Å²) in [6.07, 6.45) is 1.16. The van der Waals surface area contributed by atoms with Gasteiger partial charge in [0.15, 0.2) is 0 Å². The normalized spacial score (nSPS) is 14.9. The zero-order chi connectivity index (χ0) is 14.7. The highest BCUT2D eigenvalue weighted by molar-refractivity contribution is 5.98. The van der Waals surface area contributed by atoms with Gasteiger partial charge in [0.2, 0.25) is 12.3 Å². The number of imide groups is 1. The van der Waals surface area contributed by atoms with Crippen molar-refractivity contribution in [3.8, 4) is 0 Å². The Labute approximate surface area is 118 Å². The Balaban J connectivity index is 1.99. The molecule has 1 atom stereocenters. The third-order valence-electron chi connectivity index (χ3n) is 3.63. The van der Waals surface area contributed by atoms with Crippen molar-refractivity contribution in [1.82, 2.24) is 10.2 Å². The van der Waals surface area contributed by atoms with Gasteiger partial charge in [-0.25, -0.2) is 0 Å².